The molecule has 0 radical (unpaired) electrons. The van der Waals surface area contributed by atoms with Crippen molar-refractivity contribution in [3.8, 4) is 5.75 Å². The van der Waals surface area contributed by atoms with Gasteiger partial charge in [0.2, 0.25) is 0 Å². The molecule has 24 heavy (non-hydrogen) atoms. The minimum atomic E-state index is -0.696. The highest BCUT2D eigenvalue weighted by Crippen LogP contribution is 2.08. The third-order valence-corrected chi connectivity index (χ3v) is 2.44. The van der Waals surface area contributed by atoms with Gasteiger partial charge in [0, 0.05) is 17.7 Å². The third-order valence-electron chi connectivity index (χ3n) is 2.44. The number of benzene rings is 1. The minimum Gasteiger partial charge on any atom is -0.461 e. The molecule has 2 amide bonds. The summed E-state index contributed by atoms with van der Waals surface area (Å²) in [7, 11) is 0. The van der Waals surface area contributed by atoms with Crippen LogP contribution in [0.15, 0.2) is 42.5 Å². The van der Waals surface area contributed by atoms with Crippen LogP contribution < -0.4 is 15.4 Å². The Balaban J connectivity index is 2.21. The smallest absolute Gasteiger partial charge is 0.336 e. The number of ether oxygens (including phenoxy) is 2. The zero-order valence-corrected chi connectivity index (χ0v) is 14.0. The molecule has 1 rings (SSSR count). The van der Waals surface area contributed by atoms with E-state index in [1.54, 1.807) is 30.3 Å². The number of urea groups is 1. The average molecular weight is 334 g/mol. The summed E-state index contributed by atoms with van der Waals surface area (Å²) >= 11 is 0. The lowest BCUT2D eigenvalue weighted by Crippen LogP contribution is -2.47. The monoisotopic (exact) mass is 334 g/mol. The Morgan fingerprint density at radius 2 is 1.67 bits per heavy atom. The number of nitrogens with one attached hydrogen (secondary N) is 2. The summed E-state index contributed by atoms with van der Waals surface area (Å²) in [5, 5.41) is 5.25. The first-order valence-corrected chi connectivity index (χ1v) is 7.44. The molecule has 0 aliphatic rings. The van der Waals surface area contributed by atoms with Crippen LogP contribution in [-0.2, 0) is 14.3 Å². The minimum absolute atomic E-state index is 0.00549. The van der Waals surface area contributed by atoms with E-state index in [2.05, 4.69) is 10.6 Å². The molecule has 1 aromatic carbocycles. The third kappa shape index (κ3) is 9.24. The molecule has 0 unspecified atom stereocenters. The summed E-state index contributed by atoms with van der Waals surface area (Å²) in [6.45, 7) is 5.72. The van der Waals surface area contributed by atoms with E-state index in [-0.39, 0.29) is 24.7 Å². The summed E-state index contributed by atoms with van der Waals surface area (Å²) in [6.07, 6.45) is 1.95. The number of carbonyl (C=O) groups is 3. The van der Waals surface area contributed by atoms with Crippen LogP contribution in [0.1, 0.15) is 20.8 Å². The van der Waals surface area contributed by atoms with Gasteiger partial charge in [0.1, 0.15) is 12.4 Å². The first kappa shape index (κ1) is 19.2. The molecule has 7 heteroatoms. The van der Waals surface area contributed by atoms with Crippen molar-refractivity contribution in [1.82, 2.24) is 10.6 Å². The highest BCUT2D eigenvalue weighted by atomic mass is 16.5. The quantitative estimate of drug-likeness (QED) is 0.358. The van der Waals surface area contributed by atoms with Gasteiger partial charge in [-0.1, -0.05) is 18.2 Å². The molecule has 7 nitrogen and oxygen atoms in total. The average Bonchev–Trinajstić information content (AvgIpc) is 2.49. The Morgan fingerprint density at radius 3 is 2.29 bits per heavy atom. The topological polar surface area (TPSA) is 93.7 Å². The highest BCUT2D eigenvalue weighted by Gasteiger charge is 2.12. The molecule has 0 heterocycles. The van der Waals surface area contributed by atoms with E-state index < -0.39 is 11.9 Å². The standard InChI is InChI=1S/C17H22N2O5/c1-17(2,3)19-16(22)18-11-12-23-14(20)9-10-15(21)24-13-7-5-4-6-8-13/h4-10H,11-12H2,1-3H3,(H2,18,19,22)/b10-9+. The van der Waals surface area contributed by atoms with E-state index >= 15 is 0 Å². The number of esters is 2. The van der Waals surface area contributed by atoms with Crippen molar-refractivity contribution in [2.24, 2.45) is 0 Å². The van der Waals surface area contributed by atoms with E-state index in [1.165, 1.54) is 0 Å². The first-order valence-electron chi connectivity index (χ1n) is 7.44. The van der Waals surface area contributed by atoms with Gasteiger partial charge in [-0.05, 0) is 32.9 Å². The van der Waals surface area contributed by atoms with Gasteiger partial charge in [-0.2, -0.15) is 0 Å². The van der Waals surface area contributed by atoms with Gasteiger partial charge in [-0.15, -0.1) is 0 Å². The molecule has 2 N–H and O–H groups in total. The van der Waals surface area contributed by atoms with E-state index in [0.717, 1.165) is 12.2 Å². The van der Waals surface area contributed by atoms with Crippen LogP contribution in [-0.4, -0.2) is 36.7 Å². The van der Waals surface area contributed by atoms with Crippen molar-refractivity contribution in [3.05, 3.63) is 42.5 Å². The molecule has 0 spiro atoms. The maximum Gasteiger partial charge on any atom is 0.336 e. The van der Waals surface area contributed by atoms with E-state index in [1.807, 2.05) is 20.8 Å². The molecule has 0 aromatic heterocycles. The number of carbonyl (C=O) groups excluding carboxylic acids is 3. The number of para-hydroxylation sites is 1. The number of hydrogen-bond acceptors (Lipinski definition) is 5. The highest BCUT2D eigenvalue weighted by molar-refractivity contribution is 5.92. The summed E-state index contributed by atoms with van der Waals surface area (Å²) in [6, 6.07) is 8.14. The Morgan fingerprint density at radius 1 is 1.04 bits per heavy atom. The molecular weight excluding hydrogens is 312 g/mol. The van der Waals surface area contributed by atoms with Crippen molar-refractivity contribution in [1.29, 1.82) is 0 Å². The van der Waals surface area contributed by atoms with Crippen LogP contribution in [0.25, 0.3) is 0 Å². The number of amides is 2. The Labute approximate surface area is 141 Å². The lowest BCUT2D eigenvalue weighted by Gasteiger charge is -2.20. The first-order chi connectivity index (χ1) is 11.3. The van der Waals surface area contributed by atoms with Crippen molar-refractivity contribution in [2.75, 3.05) is 13.2 Å². The normalized spacial score (nSPS) is 11.0. The summed E-state index contributed by atoms with van der Waals surface area (Å²) < 4.78 is 9.82. The van der Waals surface area contributed by atoms with Gasteiger partial charge in [-0.3, -0.25) is 0 Å². The number of rotatable bonds is 6. The van der Waals surface area contributed by atoms with Crippen molar-refractivity contribution in [2.45, 2.75) is 26.3 Å². The molecule has 130 valence electrons. The lowest BCUT2D eigenvalue weighted by molar-refractivity contribution is -0.138. The van der Waals surface area contributed by atoms with Gasteiger partial charge in [0.25, 0.3) is 0 Å². The maximum atomic E-state index is 11.5. The van der Waals surface area contributed by atoms with Gasteiger partial charge in [-0.25, -0.2) is 14.4 Å². The Hall–Kier alpha value is -2.83. The van der Waals surface area contributed by atoms with Gasteiger partial charge in [0.05, 0.1) is 6.54 Å². The molecule has 0 aliphatic heterocycles. The Bertz CT molecular complexity index is 591. The van der Waals surface area contributed by atoms with Gasteiger partial charge < -0.3 is 20.1 Å². The maximum absolute atomic E-state index is 11.5. The van der Waals surface area contributed by atoms with Crippen LogP contribution in [0.4, 0.5) is 4.79 Å². The summed E-state index contributed by atoms with van der Waals surface area (Å²) in [5.74, 6) is -0.992. The second kappa shape index (κ2) is 9.34. The van der Waals surface area contributed by atoms with Crippen LogP contribution in [0, 0.1) is 0 Å². The molecule has 0 atom stereocenters. The zero-order valence-electron chi connectivity index (χ0n) is 14.0. The van der Waals surface area contributed by atoms with Crippen LogP contribution >= 0.6 is 0 Å². The Kier molecular flexibility index (Phi) is 7.48. The molecule has 0 aliphatic carbocycles. The van der Waals surface area contributed by atoms with Gasteiger partial charge in [0.15, 0.2) is 0 Å². The van der Waals surface area contributed by atoms with Crippen LogP contribution in [0.3, 0.4) is 0 Å². The predicted octanol–water partition coefficient (Wildman–Crippen LogP) is 1.79. The molecule has 1 aromatic rings. The predicted molar refractivity (Wildman–Crippen MR) is 88.5 cm³/mol. The molecular formula is C17H22N2O5. The second-order valence-corrected chi connectivity index (χ2v) is 5.87. The molecule has 0 fully saturated rings. The second-order valence-electron chi connectivity index (χ2n) is 5.87. The van der Waals surface area contributed by atoms with E-state index in [9.17, 15) is 14.4 Å². The van der Waals surface area contributed by atoms with Crippen molar-refractivity contribution >= 4 is 18.0 Å². The fourth-order valence-corrected chi connectivity index (χ4v) is 1.52. The fraction of sp³-hybridized carbons (Fsp3) is 0.353. The van der Waals surface area contributed by atoms with E-state index in [4.69, 9.17) is 9.47 Å². The lowest BCUT2D eigenvalue weighted by atomic mass is 10.1. The zero-order chi connectivity index (χ0) is 18.0. The largest absolute Gasteiger partial charge is 0.461 e. The van der Waals surface area contributed by atoms with Crippen LogP contribution in [0.5, 0.6) is 5.75 Å². The SMILES string of the molecule is CC(C)(C)NC(=O)NCCOC(=O)/C=C/C(=O)Oc1ccccc1. The van der Waals surface area contributed by atoms with Gasteiger partial charge >= 0.3 is 18.0 Å². The molecule has 0 bridgehead atoms. The summed E-state index contributed by atoms with van der Waals surface area (Å²) in [4.78, 5) is 34.4. The fourth-order valence-electron chi connectivity index (χ4n) is 1.52. The van der Waals surface area contributed by atoms with Crippen molar-refractivity contribution in [3.63, 3.8) is 0 Å². The van der Waals surface area contributed by atoms with E-state index in [0.29, 0.717) is 5.75 Å². The summed E-state index contributed by atoms with van der Waals surface area (Å²) in [5.41, 5.74) is -0.345. The van der Waals surface area contributed by atoms with Crippen molar-refractivity contribution < 1.29 is 23.9 Å². The molecule has 0 saturated carbocycles. The number of hydrogen-bond donors (Lipinski definition) is 2. The van der Waals surface area contributed by atoms with Crippen LogP contribution in [0.2, 0.25) is 0 Å². The molecule has 0 saturated heterocycles.